The number of hydrogen-bond acceptors (Lipinski definition) is 2. The number of nitrogens with two attached hydrogens (primary N) is 1. The molecule has 24 heavy (non-hydrogen) atoms. The second-order valence-electron chi connectivity index (χ2n) is 5.65. The fraction of sp³-hybridized carbons (Fsp3) is 0.150. The van der Waals surface area contributed by atoms with Crippen molar-refractivity contribution in [2.45, 2.75) is 19.0 Å². The lowest BCUT2D eigenvalue weighted by molar-refractivity contribution is -0.122. The summed E-state index contributed by atoms with van der Waals surface area (Å²) in [6.07, 6.45) is 0.544. The Morgan fingerprint density at radius 3 is 2.38 bits per heavy atom. The molecule has 1 amide bonds. The molecule has 0 bridgehead atoms. The van der Waals surface area contributed by atoms with Crippen LogP contribution in [-0.2, 0) is 17.8 Å². The van der Waals surface area contributed by atoms with Crippen LogP contribution in [0.15, 0.2) is 72.8 Å². The molecule has 3 N–H and O–H groups in total. The summed E-state index contributed by atoms with van der Waals surface area (Å²) < 4.78 is 0. The summed E-state index contributed by atoms with van der Waals surface area (Å²) >= 11 is 0. The van der Waals surface area contributed by atoms with Gasteiger partial charge in [-0.15, -0.1) is 12.4 Å². The van der Waals surface area contributed by atoms with Gasteiger partial charge in [0.05, 0.1) is 6.04 Å². The van der Waals surface area contributed by atoms with Crippen molar-refractivity contribution < 1.29 is 4.79 Å². The molecule has 0 aliphatic carbocycles. The highest BCUT2D eigenvalue weighted by atomic mass is 35.5. The summed E-state index contributed by atoms with van der Waals surface area (Å²) in [5.41, 5.74) is 8.18. The molecule has 0 saturated heterocycles. The zero-order valence-electron chi connectivity index (χ0n) is 13.3. The minimum Gasteiger partial charge on any atom is -0.351 e. The number of amides is 1. The van der Waals surface area contributed by atoms with Gasteiger partial charge in [0.1, 0.15) is 0 Å². The highest BCUT2D eigenvalue weighted by Crippen LogP contribution is 2.18. The molecule has 0 aliphatic heterocycles. The fourth-order valence-corrected chi connectivity index (χ4v) is 2.72. The van der Waals surface area contributed by atoms with Crippen LogP contribution in [0.1, 0.15) is 11.1 Å². The lowest BCUT2D eigenvalue weighted by atomic mass is 10.0. The van der Waals surface area contributed by atoms with Crippen LogP contribution in [0.3, 0.4) is 0 Å². The molecule has 3 aromatic rings. The molecule has 0 aliphatic rings. The van der Waals surface area contributed by atoms with E-state index < -0.39 is 6.04 Å². The molecule has 3 nitrogen and oxygen atoms in total. The van der Waals surface area contributed by atoms with Crippen LogP contribution in [0, 0.1) is 0 Å². The number of rotatable bonds is 5. The molecule has 0 heterocycles. The molecule has 0 aromatic heterocycles. The minimum atomic E-state index is -0.535. The van der Waals surface area contributed by atoms with Crippen LogP contribution in [0.25, 0.3) is 10.8 Å². The Balaban J connectivity index is 0.00000208. The van der Waals surface area contributed by atoms with E-state index in [0.717, 1.165) is 16.5 Å². The third-order valence-electron chi connectivity index (χ3n) is 3.97. The summed E-state index contributed by atoms with van der Waals surface area (Å²) in [7, 11) is 0. The molecule has 4 heteroatoms. The van der Waals surface area contributed by atoms with E-state index in [-0.39, 0.29) is 18.3 Å². The molecule has 3 aromatic carbocycles. The Labute approximate surface area is 148 Å². The summed E-state index contributed by atoms with van der Waals surface area (Å²) in [6, 6.07) is 23.6. The van der Waals surface area contributed by atoms with E-state index in [1.54, 1.807) is 0 Å². The van der Waals surface area contributed by atoms with Gasteiger partial charge < -0.3 is 11.1 Å². The quantitative estimate of drug-likeness (QED) is 0.747. The highest BCUT2D eigenvalue weighted by molar-refractivity contribution is 5.87. The third kappa shape index (κ3) is 4.34. The van der Waals surface area contributed by atoms with Crippen molar-refractivity contribution in [1.82, 2.24) is 5.32 Å². The predicted molar refractivity (Wildman–Crippen MR) is 101 cm³/mol. The topological polar surface area (TPSA) is 55.1 Å². The van der Waals surface area contributed by atoms with Crippen LogP contribution < -0.4 is 11.1 Å². The lowest BCUT2D eigenvalue weighted by Crippen LogP contribution is -2.41. The Hall–Kier alpha value is -2.36. The zero-order chi connectivity index (χ0) is 16.1. The van der Waals surface area contributed by atoms with Gasteiger partial charge in [0.2, 0.25) is 5.91 Å². The van der Waals surface area contributed by atoms with Crippen molar-refractivity contribution in [2.24, 2.45) is 5.73 Å². The molecule has 0 fully saturated rings. The highest BCUT2D eigenvalue weighted by Gasteiger charge is 2.14. The maximum Gasteiger partial charge on any atom is 0.237 e. The van der Waals surface area contributed by atoms with Crippen molar-refractivity contribution in [3.05, 3.63) is 83.9 Å². The van der Waals surface area contributed by atoms with E-state index in [1.807, 2.05) is 54.6 Å². The maximum atomic E-state index is 12.2. The van der Waals surface area contributed by atoms with E-state index >= 15 is 0 Å². The molecule has 0 spiro atoms. The first-order chi connectivity index (χ1) is 11.2. The number of halogens is 1. The van der Waals surface area contributed by atoms with E-state index in [2.05, 4.69) is 23.5 Å². The molecule has 3 rings (SSSR count). The second-order valence-corrected chi connectivity index (χ2v) is 5.65. The first kappa shape index (κ1) is 18.0. The normalized spacial score (nSPS) is 11.5. The first-order valence-electron chi connectivity index (χ1n) is 7.78. The number of nitrogens with one attached hydrogen (secondary N) is 1. The van der Waals surface area contributed by atoms with Gasteiger partial charge in [-0.1, -0.05) is 72.8 Å². The van der Waals surface area contributed by atoms with Crippen molar-refractivity contribution in [3.63, 3.8) is 0 Å². The number of fused-ring (bicyclic) bond motifs is 1. The van der Waals surface area contributed by atoms with E-state index in [0.29, 0.717) is 13.0 Å². The molecular formula is C20H21ClN2O. The number of hydrogen-bond donors (Lipinski definition) is 2. The minimum absolute atomic E-state index is 0. The van der Waals surface area contributed by atoms with Gasteiger partial charge in [-0.05, 0) is 28.3 Å². The standard InChI is InChI=1S/C20H20N2O.ClH/c21-19(13-15-7-2-1-3-8-15)20(23)22-14-17-11-6-10-16-9-4-5-12-18(16)17;/h1-12,19H,13-14,21H2,(H,22,23);1H/t19-;/m0./s1. The van der Waals surface area contributed by atoms with Gasteiger partial charge in [0, 0.05) is 6.54 Å². The molecule has 0 unspecified atom stereocenters. The van der Waals surface area contributed by atoms with Gasteiger partial charge >= 0.3 is 0 Å². The predicted octanol–water partition coefficient (Wildman–Crippen LogP) is 3.45. The number of carbonyl (C=O) groups is 1. The van der Waals surface area contributed by atoms with Crippen LogP contribution in [-0.4, -0.2) is 11.9 Å². The van der Waals surface area contributed by atoms with Crippen molar-refractivity contribution in [1.29, 1.82) is 0 Å². The van der Waals surface area contributed by atoms with Crippen LogP contribution in [0.5, 0.6) is 0 Å². The lowest BCUT2D eigenvalue weighted by Gasteiger charge is -2.13. The second kappa shape index (κ2) is 8.48. The summed E-state index contributed by atoms with van der Waals surface area (Å²) in [4.78, 5) is 12.2. The summed E-state index contributed by atoms with van der Waals surface area (Å²) in [6.45, 7) is 0.489. The van der Waals surface area contributed by atoms with Gasteiger partial charge in [-0.2, -0.15) is 0 Å². The molecular weight excluding hydrogens is 320 g/mol. The average Bonchev–Trinajstić information content (AvgIpc) is 2.60. The summed E-state index contributed by atoms with van der Waals surface area (Å²) in [5, 5.41) is 5.28. The van der Waals surface area contributed by atoms with Gasteiger partial charge in [-0.25, -0.2) is 0 Å². The molecule has 0 saturated carbocycles. The number of carbonyl (C=O) groups excluding carboxylic acids is 1. The maximum absolute atomic E-state index is 12.2. The van der Waals surface area contributed by atoms with Crippen molar-refractivity contribution in [2.75, 3.05) is 0 Å². The van der Waals surface area contributed by atoms with Crippen LogP contribution in [0.2, 0.25) is 0 Å². The zero-order valence-corrected chi connectivity index (χ0v) is 14.1. The molecule has 124 valence electrons. The Kier molecular flexibility index (Phi) is 6.36. The number of benzene rings is 3. The largest absolute Gasteiger partial charge is 0.351 e. The SMILES string of the molecule is Cl.N[C@@H](Cc1ccccc1)C(=O)NCc1cccc2ccccc12. The van der Waals surface area contributed by atoms with Gasteiger partial charge in [-0.3, -0.25) is 4.79 Å². The summed E-state index contributed by atoms with van der Waals surface area (Å²) in [5.74, 6) is -0.123. The Morgan fingerprint density at radius 2 is 1.58 bits per heavy atom. The molecule has 1 atom stereocenters. The van der Waals surface area contributed by atoms with E-state index in [1.165, 1.54) is 5.39 Å². The first-order valence-corrected chi connectivity index (χ1v) is 7.78. The van der Waals surface area contributed by atoms with Crippen LogP contribution in [0.4, 0.5) is 0 Å². The van der Waals surface area contributed by atoms with Gasteiger partial charge in [0.15, 0.2) is 0 Å². The third-order valence-corrected chi connectivity index (χ3v) is 3.97. The Bertz CT molecular complexity index is 800. The van der Waals surface area contributed by atoms with Crippen molar-refractivity contribution >= 4 is 29.1 Å². The van der Waals surface area contributed by atoms with E-state index in [4.69, 9.17) is 5.73 Å². The monoisotopic (exact) mass is 340 g/mol. The smallest absolute Gasteiger partial charge is 0.237 e. The van der Waals surface area contributed by atoms with E-state index in [9.17, 15) is 4.79 Å². The van der Waals surface area contributed by atoms with Crippen LogP contribution >= 0.6 is 12.4 Å². The Morgan fingerprint density at radius 1 is 0.917 bits per heavy atom. The van der Waals surface area contributed by atoms with Gasteiger partial charge in [0.25, 0.3) is 0 Å². The molecule has 0 radical (unpaired) electrons. The van der Waals surface area contributed by atoms with Crippen molar-refractivity contribution in [3.8, 4) is 0 Å². The fourth-order valence-electron chi connectivity index (χ4n) is 2.72. The average molecular weight is 341 g/mol.